The van der Waals surface area contributed by atoms with Crippen molar-refractivity contribution in [2.75, 3.05) is 0 Å². The minimum atomic E-state index is -1.02. The Kier molecular flexibility index (Phi) is 7.49. The molecule has 1 fully saturated rings. The van der Waals surface area contributed by atoms with Gasteiger partial charge in [-0.3, -0.25) is 5.10 Å². The number of para-hydroxylation sites is 1. The number of halogens is 3. The summed E-state index contributed by atoms with van der Waals surface area (Å²) >= 11 is 18.9. The van der Waals surface area contributed by atoms with Gasteiger partial charge in [-0.1, -0.05) is 72.8 Å². The highest BCUT2D eigenvalue weighted by atomic mass is 35.5. The van der Waals surface area contributed by atoms with E-state index in [1.165, 1.54) is 24.0 Å². The van der Waals surface area contributed by atoms with Gasteiger partial charge in [-0.15, -0.1) is 0 Å². The van der Waals surface area contributed by atoms with E-state index in [1.807, 2.05) is 48.5 Å². The van der Waals surface area contributed by atoms with Crippen LogP contribution in [-0.4, -0.2) is 21.3 Å². The van der Waals surface area contributed by atoms with E-state index in [1.54, 1.807) is 6.07 Å². The number of carboxylic acids is 1. The van der Waals surface area contributed by atoms with Crippen LogP contribution in [0.25, 0.3) is 17.0 Å². The van der Waals surface area contributed by atoms with Gasteiger partial charge in [-0.2, -0.15) is 5.10 Å². The maximum atomic E-state index is 10.9. The van der Waals surface area contributed by atoms with Crippen molar-refractivity contribution >= 4 is 46.5 Å². The number of allylic oxidation sites excluding steroid dienone is 1. The van der Waals surface area contributed by atoms with E-state index in [0.717, 1.165) is 47.6 Å². The van der Waals surface area contributed by atoms with Gasteiger partial charge in [0.05, 0.1) is 10.6 Å². The first-order chi connectivity index (χ1) is 19.8. The number of hydrogen-bond donors (Lipinski definition) is 2. The number of benzene rings is 3. The van der Waals surface area contributed by atoms with Crippen LogP contribution in [0, 0.1) is 0 Å². The highest BCUT2D eigenvalue weighted by Gasteiger charge is 2.45. The number of aromatic amines is 1. The van der Waals surface area contributed by atoms with Crippen LogP contribution in [0.5, 0.6) is 11.5 Å². The van der Waals surface area contributed by atoms with Crippen molar-refractivity contribution in [2.45, 2.75) is 51.0 Å². The number of aromatic nitrogens is 2. The second-order valence-electron chi connectivity index (χ2n) is 10.3. The summed E-state index contributed by atoms with van der Waals surface area (Å²) in [7, 11) is 0. The molecule has 210 valence electrons. The first-order valence-electron chi connectivity index (χ1n) is 13.5. The Morgan fingerprint density at radius 2 is 1.71 bits per heavy atom. The van der Waals surface area contributed by atoms with Gasteiger partial charge in [0.25, 0.3) is 0 Å². The number of nitrogens with one attached hydrogen (secondary N) is 1. The van der Waals surface area contributed by atoms with Crippen LogP contribution in [0.15, 0.2) is 66.2 Å². The quantitative estimate of drug-likeness (QED) is 0.242. The van der Waals surface area contributed by atoms with Gasteiger partial charge in [0, 0.05) is 32.2 Å². The zero-order valence-corrected chi connectivity index (χ0v) is 24.5. The van der Waals surface area contributed by atoms with Gasteiger partial charge < -0.3 is 14.6 Å². The second kappa shape index (κ2) is 11.1. The fraction of sp³-hybridized carbons (Fsp3) is 0.250. The topological polar surface area (TPSA) is 84.4 Å². The van der Waals surface area contributed by atoms with Gasteiger partial charge >= 0.3 is 5.97 Å². The maximum Gasteiger partial charge on any atom is 0.354 e. The van der Waals surface area contributed by atoms with Crippen molar-refractivity contribution < 1.29 is 19.4 Å². The summed E-state index contributed by atoms with van der Waals surface area (Å²) in [5.74, 6) is 1.45. The third-order valence-corrected chi connectivity index (χ3v) is 8.89. The average molecular weight is 610 g/mol. The lowest BCUT2D eigenvalue weighted by Gasteiger charge is -2.39. The molecule has 0 amide bonds. The molecule has 4 aromatic rings. The monoisotopic (exact) mass is 608 g/mol. The first-order valence-corrected chi connectivity index (χ1v) is 14.7. The number of aromatic carboxylic acids is 1. The van der Waals surface area contributed by atoms with Gasteiger partial charge in [0.1, 0.15) is 29.6 Å². The third-order valence-electron chi connectivity index (χ3n) is 8.10. The number of H-pyrrole nitrogens is 1. The number of rotatable bonds is 3. The molecule has 2 N–H and O–H groups in total. The van der Waals surface area contributed by atoms with Crippen LogP contribution in [0.2, 0.25) is 15.1 Å². The van der Waals surface area contributed by atoms with E-state index in [9.17, 15) is 4.79 Å². The summed E-state index contributed by atoms with van der Waals surface area (Å²) in [5, 5.41) is 17.4. The molecule has 0 saturated heterocycles. The number of nitrogens with zero attached hydrogens (tertiary/aromatic N) is 1. The summed E-state index contributed by atoms with van der Waals surface area (Å²) in [5.41, 5.74) is 5.73. The molecular formula is C32H27Cl3N2O4. The van der Waals surface area contributed by atoms with Crippen LogP contribution < -0.4 is 9.47 Å². The molecule has 0 radical (unpaired) electrons. The van der Waals surface area contributed by atoms with Crippen molar-refractivity contribution in [2.24, 2.45) is 0 Å². The lowest BCUT2D eigenvalue weighted by Crippen LogP contribution is -2.31. The molecule has 1 aromatic heterocycles. The standard InChI is InChI=1S/C21H19Cl3O.C11H8N2O3/c1-2-16-20(15-7-5-13(22)11-18(15)24)25-19-12-14(23)6-8-17(19)21(16)9-3-4-10-21;14-11(15)10-7-5-16-8-4-2-1-3-6(8)9(7)12-13-10/h5-8,11-12H,2-4,9-10H2,1H3;1-4H,5H2,(H,12,13)(H,14,15). The molecule has 1 aliphatic carbocycles. The molecule has 2 aliphatic heterocycles. The van der Waals surface area contributed by atoms with E-state index >= 15 is 0 Å². The minimum Gasteiger partial charge on any atom is -0.488 e. The molecule has 0 atom stereocenters. The molecular weight excluding hydrogens is 583 g/mol. The summed E-state index contributed by atoms with van der Waals surface area (Å²) in [6.07, 6.45) is 5.67. The predicted molar refractivity (Wildman–Crippen MR) is 161 cm³/mol. The van der Waals surface area contributed by atoms with Crippen molar-refractivity contribution in [1.82, 2.24) is 10.2 Å². The largest absolute Gasteiger partial charge is 0.488 e. The zero-order chi connectivity index (χ0) is 28.7. The summed E-state index contributed by atoms with van der Waals surface area (Å²) < 4.78 is 11.9. The Morgan fingerprint density at radius 1 is 0.976 bits per heavy atom. The van der Waals surface area contributed by atoms with E-state index in [0.29, 0.717) is 26.3 Å². The fourth-order valence-electron chi connectivity index (χ4n) is 6.31. The third kappa shape index (κ3) is 4.88. The lowest BCUT2D eigenvalue weighted by atomic mass is 9.69. The van der Waals surface area contributed by atoms with Gasteiger partial charge in [-0.25, -0.2) is 4.79 Å². The molecule has 7 rings (SSSR count). The molecule has 1 saturated carbocycles. The predicted octanol–water partition coefficient (Wildman–Crippen LogP) is 9.34. The Labute approximate surface area is 252 Å². The van der Waals surface area contributed by atoms with Crippen molar-refractivity contribution in [1.29, 1.82) is 0 Å². The van der Waals surface area contributed by atoms with Crippen LogP contribution in [-0.2, 0) is 12.0 Å². The molecule has 0 unspecified atom stereocenters. The number of hydrogen-bond acceptors (Lipinski definition) is 4. The Morgan fingerprint density at radius 3 is 2.44 bits per heavy atom. The normalized spacial score (nSPS) is 16.1. The number of carboxylic acid groups (broad SMARTS) is 1. The fourth-order valence-corrected chi connectivity index (χ4v) is 6.97. The van der Waals surface area contributed by atoms with E-state index in [-0.39, 0.29) is 17.7 Å². The van der Waals surface area contributed by atoms with E-state index in [2.05, 4.69) is 23.2 Å². The molecule has 0 bridgehead atoms. The Hall–Kier alpha value is -3.45. The highest BCUT2D eigenvalue weighted by molar-refractivity contribution is 6.35. The molecule has 3 aliphatic rings. The number of fused-ring (bicyclic) bond motifs is 5. The van der Waals surface area contributed by atoms with Crippen LogP contribution in [0.3, 0.4) is 0 Å². The second-order valence-corrected chi connectivity index (χ2v) is 11.6. The van der Waals surface area contributed by atoms with Crippen molar-refractivity contribution in [3.05, 3.63) is 104 Å². The summed E-state index contributed by atoms with van der Waals surface area (Å²) in [4.78, 5) is 10.9. The van der Waals surface area contributed by atoms with E-state index < -0.39 is 5.97 Å². The maximum absolute atomic E-state index is 10.9. The van der Waals surface area contributed by atoms with Gasteiger partial charge in [0.15, 0.2) is 5.69 Å². The number of ether oxygens (including phenoxy) is 2. The molecule has 9 heteroatoms. The Balaban J connectivity index is 0.000000162. The summed E-state index contributed by atoms with van der Waals surface area (Å²) in [6.45, 7) is 2.44. The number of carbonyl (C=O) groups is 1. The molecule has 3 aromatic carbocycles. The highest BCUT2D eigenvalue weighted by Crippen LogP contribution is 2.56. The van der Waals surface area contributed by atoms with Crippen LogP contribution in [0.4, 0.5) is 0 Å². The summed E-state index contributed by atoms with van der Waals surface area (Å²) in [6, 6.07) is 19.1. The SMILES string of the molecule is CCC1=C(c2ccc(Cl)cc2Cl)Oc2cc(Cl)ccc2C12CCCC2.O=C(O)c1[nH]nc2c1COc1ccccc1-2. The lowest BCUT2D eigenvalue weighted by molar-refractivity contribution is 0.0687. The van der Waals surface area contributed by atoms with Gasteiger partial charge in [0.2, 0.25) is 0 Å². The first kappa shape index (κ1) is 27.7. The van der Waals surface area contributed by atoms with E-state index in [4.69, 9.17) is 49.4 Å². The molecule has 1 spiro atoms. The minimum absolute atomic E-state index is 0.0330. The van der Waals surface area contributed by atoms with Crippen LogP contribution in [0.1, 0.15) is 66.2 Å². The average Bonchev–Trinajstić information content (AvgIpc) is 3.62. The van der Waals surface area contributed by atoms with Crippen LogP contribution >= 0.6 is 34.8 Å². The molecule has 6 nitrogen and oxygen atoms in total. The Bertz CT molecular complexity index is 1690. The van der Waals surface area contributed by atoms with Gasteiger partial charge in [-0.05, 0) is 67.3 Å². The molecule has 41 heavy (non-hydrogen) atoms. The van der Waals surface area contributed by atoms with Crippen molar-refractivity contribution in [3.8, 4) is 22.8 Å². The molecule has 3 heterocycles. The van der Waals surface area contributed by atoms with Crippen molar-refractivity contribution in [3.63, 3.8) is 0 Å². The smallest absolute Gasteiger partial charge is 0.354 e. The zero-order valence-electron chi connectivity index (χ0n) is 22.3.